The van der Waals surface area contributed by atoms with E-state index in [-0.39, 0.29) is 41.9 Å². The Bertz CT molecular complexity index is 1090. The molecule has 1 aliphatic heterocycles. The van der Waals surface area contributed by atoms with E-state index in [0.717, 1.165) is 17.7 Å². The SMILES string of the molecule is C=C(C)C(=O)CC/C(C)=C/C[C@@]12OC(C)(C)[C@H](Cl)C[C@]1(Cl)C(=O)c1c(O)cc(O)cc1C2=O. The number of benzene rings is 1. The number of rotatable bonds is 6. The summed E-state index contributed by atoms with van der Waals surface area (Å²) in [4.78, 5) is 37.5. The van der Waals surface area contributed by atoms with Gasteiger partial charge in [0, 0.05) is 24.5 Å². The summed E-state index contributed by atoms with van der Waals surface area (Å²) in [5, 5.41) is 19.6. The zero-order valence-corrected chi connectivity index (χ0v) is 20.6. The quantitative estimate of drug-likeness (QED) is 0.317. The van der Waals surface area contributed by atoms with Gasteiger partial charge in [0.15, 0.2) is 23.0 Å². The number of aromatic hydroxyl groups is 2. The fourth-order valence-electron chi connectivity index (χ4n) is 4.44. The van der Waals surface area contributed by atoms with Crippen LogP contribution in [0.4, 0.5) is 0 Å². The Morgan fingerprint density at radius 1 is 1.21 bits per heavy atom. The maximum Gasteiger partial charge on any atom is 0.198 e. The van der Waals surface area contributed by atoms with Crippen LogP contribution < -0.4 is 0 Å². The Balaban J connectivity index is 2.12. The molecule has 0 bridgehead atoms. The summed E-state index contributed by atoms with van der Waals surface area (Å²) in [6.07, 6.45) is 2.35. The van der Waals surface area contributed by atoms with Gasteiger partial charge in [-0.15, -0.1) is 23.2 Å². The minimum atomic E-state index is -1.86. The predicted octanol–water partition coefficient (Wildman–Crippen LogP) is 5.26. The average Bonchev–Trinajstić information content (AvgIpc) is 2.71. The third kappa shape index (κ3) is 4.13. The Morgan fingerprint density at radius 2 is 1.85 bits per heavy atom. The van der Waals surface area contributed by atoms with Crippen LogP contribution >= 0.6 is 23.2 Å². The number of carbonyl (C=O) groups excluding carboxylic acids is 3. The first-order chi connectivity index (χ1) is 15.2. The van der Waals surface area contributed by atoms with Gasteiger partial charge in [-0.2, -0.15) is 0 Å². The summed E-state index contributed by atoms with van der Waals surface area (Å²) in [6, 6.07) is 2.13. The first-order valence-corrected chi connectivity index (χ1v) is 11.5. The molecule has 6 nitrogen and oxygen atoms in total. The number of ether oxygens (including phenoxy) is 1. The predicted molar refractivity (Wildman–Crippen MR) is 127 cm³/mol. The molecular formula is C25H28Cl2O6. The van der Waals surface area contributed by atoms with E-state index in [1.807, 2.05) is 6.92 Å². The summed E-state index contributed by atoms with van der Waals surface area (Å²) in [6.45, 7) is 10.6. The molecule has 0 spiro atoms. The highest BCUT2D eigenvalue weighted by molar-refractivity contribution is 6.45. The van der Waals surface area contributed by atoms with Crippen molar-refractivity contribution >= 4 is 40.6 Å². The van der Waals surface area contributed by atoms with Crippen molar-refractivity contribution in [2.24, 2.45) is 0 Å². The lowest BCUT2D eigenvalue weighted by atomic mass is 9.63. The van der Waals surface area contributed by atoms with Gasteiger partial charge in [-0.3, -0.25) is 14.4 Å². The number of ketones is 3. The Hall–Kier alpha value is -2.15. The second kappa shape index (κ2) is 8.57. The molecule has 1 aliphatic carbocycles. The Morgan fingerprint density at radius 3 is 2.45 bits per heavy atom. The third-order valence-corrected chi connectivity index (χ3v) is 7.86. The van der Waals surface area contributed by atoms with Crippen molar-refractivity contribution in [3.8, 4) is 11.5 Å². The lowest BCUT2D eigenvalue weighted by Gasteiger charge is -2.56. The van der Waals surface area contributed by atoms with Crippen LogP contribution in [0.15, 0.2) is 35.9 Å². The van der Waals surface area contributed by atoms with Crippen LogP contribution in [0.1, 0.15) is 74.1 Å². The molecule has 8 heteroatoms. The van der Waals surface area contributed by atoms with Gasteiger partial charge < -0.3 is 14.9 Å². The maximum absolute atomic E-state index is 13.9. The van der Waals surface area contributed by atoms with E-state index < -0.39 is 38.8 Å². The molecule has 2 N–H and O–H groups in total. The van der Waals surface area contributed by atoms with Gasteiger partial charge in [-0.25, -0.2) is 0 Å². The molecule has 2 aliphatic rings. The van der Waals surface area contributed by atoms with E-state index in [4.69, 9.17) is 27.9 Å². The number of allylic oxidation sites excluding steroid dienone is 2. The van der Waals surface area contributed by atoms with Gasteiger partial charge in [0.05, 0.1) is 16.5 Å². The number of hydrogen-bond acceptors (Lipinski definition) is 6. The molecule has 3 rings (SSSR count). The minimum Gasteiger partial charge on any atom is -0.508 e. The maximum atomic E-state index is 13.9. The van der Waals surface area contributed by atoms with E-state index in [1.165, 1.54) is 0 Å². The number of phenolic OH excluding ortho intramolecular Hbond substituents is 2. The van der Waals surface area contributed by atoms with Crippen molar-refractivity contribution in [1.82, 2.24) is 0 Å². The number of carbonyl (C=O) groups is 3. The molecule has 1 aromatic rings. The van der Waals surface area contributed by atoms with Crippen LogP contribution in [0, 0.1) is 0 Å². The van der Waals surface area contributed by atoms with Gasteiger partial charge in [0.2, 0.25) is 0 Å². The molecule has 0 radical (unpaired) electrons. The van der Waals surface area contributed by atoms with Crippen molar-refractivity contribution in [3.05, 3.63) is 47.1 Å². The number of Topliss-reactive ketones (excluding diaryl/α,β-unsaturated/α-hetero) is 3. The number of hydrogen-bond donors (Lipinski definition) is 2. The fraction of sp³-hybridized carbons (Fsp3) is 0.480. The summed E-state index contributed by atoms with van der Waals surface area (Å²) in [5.74, 6) is -2.24. The number of fused-ring (bicyclic) bond motifs is 2. The molecule has 1 aromatic carbocycles. The highest BCUT2D eigenvalue weighted by Gasteiger charge is 2.70. The topological polar surface area (TPSA) is 101 Å². The molecule has 178 valence electrons. The molecule has 3 atom stereocenters. The van der Waals surface area contributed by atoms with E-state index in [1.54, 1.807) is 26.8 Å². The molecule has 0 unspecified atom stereocenters. The van der Waals surface area contributed by atoms with Crippen LogP contribution in [0.2, 0.25) is 0 Å². The molecule has 33 heavy (non-hydrogen) atoms. The second-order valence-electron chi connectivity index (χ2n) is 9.51. The molecule has 1 heterocycles. The van der Waals surface area contributed by atoms with Crippen LogP contribution in [0.5, 0.6) is 11.5 Å². The van der Waals surface area contributed by atoms with Crippen molar-refractivity contribution in [3.63, 3.8) is 0 Å². The van der Waals surface area contributed by atoms with E-state index in [9.17, 15) is 24.6 Å². The number of phenols is 2. The van der Waals surface area contributed by atoms with Gasteiger partial charge in [-0.1, -0.05) is 18.2 Å². The van der Waals surface area contributed by atoms with Crippen LogP contribution in [-0.4, -0.2) is 49.0 Å². The van der Waals surface area contributed by atoms with Crippen molar-refractivity contribution in [2.75, 3.05) is 0 Å². The monoisotopic (exact) mass is 494 g/mol. The number of halogens is 2. The lowest BCUT2D eigenvalue weighted by Crippen LogP contribution is -2.72. The van der Waals surface area contributed by atoms with Gasteiger partial charge in [0.1, 0.15) is 16.4 Å². The summed E-state index contributed by atoms with van der Waals surface area (Å²) < 4.78 is 6.29. The van der Waals surface area contributed by atoms with Crippen LogP contribution in [-0.2, 0) is 9.53 Å². The first kappa shape index (κ1) is 25.5. The Labute approximate surface area is 203 Å². The van der Waals surface area contributed by atoms with E-state index in [2.05, 4.69) is 6.58 Å². The number of alkyl halides is 2. The van der Waals surface area contributed by atoms with Gasteiger partial charge in [-0.05, 0) is 52.2 Å². The second-order valence-corrected chi connectivity index (χ2v) is 10.7. The van der Waals surface area contributed by atoms with Crippen molar-refractivity contribution in [2.45, 2.75) is 74.8 Å². The van der Waals surface area contributed by atoms with Crippen LogP contribution in [0.3, 0.4) is 0 Å². The van der Waals surface area contributed by atoms with Crippen molar-refractivity contribution in [1.29, 1.82) is 0 Å². The van der Waals surface area contributed by atoms with Crippen LogP contribution in [0.25, 0.3) is 0 Å². The lowest BCUT2D eigenvalue weighted by molar-refractivity contribution is -0.157. The average molecular weight is 495 g/mol. The van der Waals surface area contributed by atoms with Crippen molar-refractivity contribution < 1.29 is 29.3 Å². The minimum absolute atomic E-state index is 0.0446. The molecule has 0 aromatic heterocycles. The summed E-state index contributed by atoms with van der Waals surface area (Å²) >= 11 is 13.5. The molecule has 0 saturated carbocycles. The highest BCUT2D eigenvalue weighted by atomic mass is 35.5. The zero-order chi connectivity index (χ0) is 24.9. The zero-order valence-electron chi connectivity index (χ0n) is 19.1. The third-order valence-electron chi connectivity index (χ3n) is 6.55. The van der Waals surface area contributed by atoms with Gasteiger partial charge in [0.25, 0.3) is 0 Å². The largest absolute Gasteiger partial charge is 0.508 e. The first-order valence-electron chi connectivity index (χ1n) is 10.7. The summed E-state index contributed by atoms with van der Waals surface area (Å²) in [5.41, 5.74) is -1.92. The molecule has 1 fully saturated rings. The summed E-state index contributed by atoms with van der Waals surface area (Å²) in [7, 11) is 0. The smallest absolute Gasteiger partial charge is 0.198 e. The Kier molecular flexibility index (Phi) is 6.61. The molecule has 1 saturated heterocycles. The fourth-order valence-corrected chi connectivity index (χ4v) is 5.24. The van der Waals surface area contributed by atoms with Gasteiger partial charge >= 0.3 is 0 Å². The van der Waals surface area contributed by atoms with E-state index in [0.29, 0.717) is 12.0 Å². The standard InChI is InChI=1S/C25H28Cl2O6/c1-13(2)17(29)7-6-14(3)8-9-25-21(31)16-10-15(28)11-18(30)20(16)22(32)24(25,27)12-19(26)23(4,5)33-25/h8,10-11,19,28,30H,1,6-7,9,12H2,2-5H3/b14-8+/t19-,24+,25+/m1/s1. The molecular weight excluding hydrogens is 467 g/mol. The molecule has 0 amide bonds. The highest BCUT2D eigenvalue weighted by Crippen LogP contribution is 2.56. The normalized spacial score (nSPS) is 28.8. The van der Waals surface area contributed by atoms with E-state index >= 15 is 0 Å².